The van der Waals surface area contributed by atoms with Gasteiger partial charge in [0.25, 0.3) is 0 Å². The summed E-state index contributed by atoms with van der Waals surface area (Å²) in [7, 11) is 1.42. The van der Waals surface area contributed by atoms with Crippen LogP contribution in [0.15, 0.2) is 17.3 Å². The molecule has 0 unspecified atom stereocenters. The van der Waals surface area contributed by atoms with Crippen LogP contribution in [0.2, 0.25) is 5.02 Å². The van der Waals surface area contributed by atoms with Gasteiger partial charge in [-0.3, -0.25) is 4.79 Å². The molecule has 0 bridgehead atoms. The third-order valence-corrected chi connectivity index (χ3v) is 1.99. The molecule has 0 atom stereocenters. The zero-order chi connectivity index (χ0) is 12.1. The first-order valence-corrected chi connectivity index (χ1v) is 4.69. The van der Waals surface area contributed by atoms with Gasteiger partial charge in [0, 0.05) is 12.5 Å². The van der Waals surface area contributed by atoms with Crippen molar-refractivity contribution >= 4 is 23.8 Å². The van der Waals surface area contributed by atoms with Crippen LogP contribution in [0.3, 0.4) is 0 Å². The number of esters is 1. The van der Waals surface area contributed by atoms with Gasteiger partial charge >= 0.3 is 5.97 Å². The minimum absolute atomic E-state index is 0.145. The fraction of sp³-hybridized carbons (Fsp3) is 0.200. The van der Waals surface area contributed by atoms with E-state index in [-0.39, 0.29) is 16.5 Å². The summed E-state index contributed by atoms with van der Waals surface area (Å²) in [5.74, 6) is -0.0619. The molecule has 1 rings (SSSR count). The second-order valence-corrected chi connectivity index (χ2v) is 3.28. The van der Waals surface area contributed by atoms with Gasteiger partial charge < -0.3 is 14.7 Å². The van der Waals surface area contributed by atoms with Gasteiger partial charge in [0.1, 0.15) is 0 Å². The molecular formula is C10H10ClNO4. The van der Waals surface area contributed by atoms with Crippen LogP contribution in [-0.2, 0) is 4.79 Å². The van der Waals surface area contributed by atoms with E-state index in [9.17, 15) is 4.79 Å². The highest BCUT2D eigenvalue weighted by Crippen LogP contribution is 2.36. The molecule has 1 aromatic rings. The van der Waals surface area contributed by atoms with Crippen LogP contribution < -0.4 is 9.47 Å². The number of carbonyl (C=O) groups excluding carboxylic acids is 1. The molecule has 0 aliphatic rings. The van der Waals surface area contributed by atoms with E-state index in [0.717, 1.165) is 0 Å². The van der Waals surface area contributed by atoms with Crippen LogP contribution in [-0.4, -0.2) is 24.5 Å². The first-order valence-electron chi connectivity index (χ1n) is 4.32. The zero-order valence-corrected chi connectivity index (χ0v) is 9.49. The summed E-state index contributed by atoms with van der Waals surface area (Å²) < 4.78 is 9.91. The second-order valence-electron chi connectivity index (χ2n) is 2.87. The SMILES string of the molecule is COc1cc(/C=N/O)cc(Cl)c1OC(C)=O. The highest BCUT2D eigenvalue weighted by atomic mass is 35.5. The van der Waals surface area contributed by atoms with Gasteiger partial charge in [-0.2, -0.15) is 0 Å². The quantitative estimate of drug-likeness (QED) is 0.290. The van der Waals surface area contributed by atoms with Crippen molar-refractivity contribution in [2.45, 2.75) is 6.92 Å². The molecule has 0 fully saturated rings. The molecular weight excluding hydrogens is 234 g/mol. The van der Waals surface area contributed by atoms with Crippen molar-refractivity contribution in [1.29, 1.82) is 0 Å². The number of ether oxygens (including phenoxy) is 2. The van der Waals surface area contributed by atoms with Gasteiger partial charge in [0.05, 0.1) is 18.3 Å². The Hall–Kier alpha value is -1.75. The average Bonchev–Trinajstić information content (AvgIpc) is 2.21. The molecule has 0 saturated carbocycles. The highest BCUT2D eigenvalue weighted by molar-refractivity contribution is 6.32. The Kier molecular flexibility index (Phi) is 4.13. The molecule has 0 aromatic heterocycles. The Labute approximate surface area is 97.2 Å². The van der Waals surface area contributed by atoms with E-state index in [2.05, 4.69) is 5.16 Å². The molecule has 0 radical (unpaired) electrons. The Morgan fingerprint density at radius 1 is 1.56 bits per heavy atom. The minimum Gasteiger partial charge on any atom is -0.493 e. The standard InChI is InChI=1S/C10H10ClNO4/c1-6(13)16-10-8(11)3-7(5-12-14)4-9(10)15-2/h3-5,14H,1-2H3/b12-5+. The van der Waals surface area contributed by atoms with E-state index >= 15 is 0 Å². The van der Waals surface area contributed by atoms with Crippen molar-refractivity contribution in [3.63, 3.8) is 0 Å². The maximum absolute atomic E-state index is 10.8. The first-order chi connectivity index (χ1) is 7.58. The van der Waals surface area contributed by atoms with Crippen LogP contribution in [0.4, 0.5) is 0 Å². The topological polar surface area (TPSA) is 68.1 Å². The Balaban J connectivity index is 3.22. The Morgan fingerprint density at radius 2 is 2.25 bits per heavy atom. The van der Waals surface area contributed by atoms with Crippen molar-refractivity contribution in [2.24, 2.45) is 5.16 Å². The predicted octanol–water partition coefficient (Wildman–Crippen LogP) is 2.08. The zero-order valence-electron chi connectivity index (χ0n) is 8.73. The lowest BCUT2D eigenvalue weighted by Gasteiger charge is -2.10. The van der Waals surface area contributed by atoms with E-state index in [4.69, 9.17) is 26.3 Å². The summed E-state index contributed by atoms with van der Waals surface area (Å²) in [6.07, 6.45) is 1.19. The molecule has 0 heterocycles. The molecule has 0 aliphatic carbocycles. The number of rotatable bonds is 3. The minimum atomic E-state index is -0.497. The summed E-state index contributed by atoms with van der Waals surface area (Å²) in [6, 6.07) is 3.02. The van der Waals surface area contributed by atoms with E-state index in [1.165, 1.54) is 32.4 Å². The number of hydrogen-bond acceptors (Lipinski definition) is 5. The smallest absolute Gasteiger partial charge is 0.308 e. The first kappa shape index (κ1) is 12.3. The van der Waals surface area contributed by atoms with Crippen molar-refractivity contribution in [2.75, 3.05) is 7.11 Å². The lowest BCUT2D eigenvalue weighted by Crippen LogP contribution is -2.04. The van der Waals surface area contributed by atoms with Gasteiger partial charge in [0.15, 0.2) is 11.5 Å². The molecule has 86 valence electrons. The maximum Gasteiger partial charge on any atom is 0.308 e. The van der Waals surface area contributed by atoms with Gasteiger partial charge in [-0.05, 0) is 12.1 Å². The third-order valence-electron chi connectivity index (χ3n) is 1.70. The van der Waals surface area contributed by atoms with Crippen LogP contribution in [0.5, 0.6) is 11.5 Å². The fourth-order valence-electron chi connectivity index (χ4n) is 1.12. The number of carbonyl (C=O) groups is 1. The molecule has 5 nitrogen and oxygen atoms in total. The summed E-state index contributed by atoms with van der Waals surface area (Å²) in [5, 5.41) is 11.5. The second kappa shape index (κ2) is 5.37. The molecule has 0 aliphatic heterocycles. The molecule has 1 aromatic carbocycles. The summed E-state index contributed by atoms with van der Waals surface area (Å²) in [6.45, 7) is 1.26. The van der Waals surface area contributed by atoms with Crippen molar-refractivity contribution < 1.29 is 19.5 Å². The van der Waals surface area contributed by atoms with Crippen LogP contribution in [0, 0.1) is 0 Å². The number of nitrogens with zero attached hydrogens (tertiary/aromatic N) is 1. The molecule has 0 saturated heterocycles. The van der Waals surface area contributed by atoms with E-state index < -0.39 is 5.97 Å². The average molecular weight is 244 g/mol. The third kappa shape index (κ3) is 2.87. The lowest BCUT2D eigenvalue weighted by molar-refractivity contribution is -0.132. The van der Waals surface area contributed by atoms with Crippen molar-refractivity contribution in [3.8, 4) is 11.5 Å². The lowest BCUT2D eigenvalue weighted by atomic mass is 10.2. The van der Waals surface area contributed by atoms with Gasteiger partial charge in [-0.15, -0.1) is 0 Å². The largest absolute Gasteiger partial charge is 0.493 e. The molecule has 1 N–H and O–H groups in total. The van der Waals surface area contributed by atoms with Crippen molar-refractivity contribution in [3.05, 3.63) is 22.7 Å². The maximum atomic E-state index is 10.8. The van der Waals surface area contributed by atoms with E-state index in [0.29, 0.717) is 5.56 Å². The Morgan fingerprint density at radius 3 is 2.75 bits per heavy atom. The number of benzene rings is 1. The predicted molar refractivity (Wildman–Crippen MR) is 58.7 cm³/mol. The number of hydrogen-bond donors (Lipinski definition) is 1. The van der Waals surface area contributed by atoms with Crippen LogP contribution in [0.1, 0.15) is 12.5 Å². The fourth-order valence-corrected chi connectivity index (χ4v) is 1.38. The summed E-state index contributed by atoms with van der Waals surface area (Å²) in [5.41, 5.74) is 0.528. The number of oxime groups is 1. The summed E-state index contributed by atoms with van der Waals surface area (Å²) in [4.78, 5) is 10.8. The number of methoxy groups -OCH3 is 1. The molecule has 6 heteroatoms. The van der Waals surface area contributed by atoms with Crippen LogP contribution >= 0.6 is 11.6 Å². The monoisotopic (exact) mass is 243 g/mol. The van der Waals surface area contributed by atoms with Crippen LogP contribution in [0.25, 0.3) is 0 Å². The van der Waals surface area contributed by atoms with Crippen molar-refractivity contribution in [1.82, 2.24) is 0 Å². The van der Waals surface area contributed by atoms with E-state index in [1.807, 2.05) is 0 Å². The molecule has 0 amide bonds. The molecule has 16 heavy (non-hydrogen) atoms. The highest BCUT2D eigenvalue weighted by Gasteiger charge is 2.13. The van der Waals surface area contributed by atoms with Gasteiger partial charge in [-0.25, -0.2) is 0 Å². The van der Waals surface area contributed by atoms with E-state index in [1.54, 1.807) is 0 Å². The van der Waals surface area contributed by atoms with Gasteiger partial charge in [0.2, 0.25) is 0 Å². The molecule has 0 spiro atoms. The van der Waals surface area contributed by atoms with Gasteiger partial charge in [-0.1, -0.05) is 16.8 Å². The number of halogens is 1. The normalized spacial score (nSPS) is 10.4. The Bertz CT molecular complexity index is 431. The summed E-state index contributed by atoms with van der Waals surface area (Å²) >= 11 is 5.89.